The second-order valence-electron chi connectivity index (χ2n) is 4.87. The quantitative estimate of drug-likeness (QED) is 0.882. The van der Waals surface area contributed by atoms with Crippen molar-refractivity contribution in [1.82, 2.24) is 0 Å². The summed E-state index contributed by atoms with van der Waals surface area (Å²) in [6.07, 6.45) is 0. The summed E-state index contributed by atoms with van der Waals surface area (Å²) in [6.45, 7) is 3.24. The van der Waals surface area contributed by atoms with Crippen LogP contribution in [0, 0.1) is 0 Å². The number of rotatable bonds is 4. The highest BCUT2D eigenvalue weighted by atomic mass is 32.1. The molecule has 0 radical (unpaired) electrons. The molecule has 1 saturated heterocycles. The second-order valence-corrected chi connectivity index (χ2v) is 5.90. The molecule has 1 fully saturated rings. The number of nitrogens with zero attached hydrogens (tertiary/aromatic N) is 1. The normalized spacial score (nSPS) is 15.0. The number of ether oxygens (including phenoxy) is 1. The van der Waals surface area contributed by atoms with Crippen molar-refractivity contribution in [2.45, 2.75) is 0 Å². The second kappa shape index (κ2) is 6.28. The van der Waals surface area contributed by atoms with Gasteiger partial charge in [-0.3, -0.25) is 4.79 Å². The van der Waals surface area contributed by atoms with Crippen LogP contribution in [0.15, 0.2) is 36.4 Å². The summed E-state index contributed by atoms with van der Waals surface area (Å²) >= 11 is 1.55. The van der Waals surface area contributed by atoms with Gasteiger partial charge < -0.3 is 15.0 Å². The van der Waals surface area contributed by atoms with E-state index in [2.05, 4.69) is 16.3 Å². The molecular weight excluding hydrogens is 284 g/mol. The average Bonchev–Trinajstić information content (AvgIpc) is 3.00. The fourth-order valence-electron chi connectivity index (χ4n) is 2.39. The van der Waals surface area contributed by atoms with Crippen LogP contribution in [0.3, 0.4) is 0 Å². The number of thiophene rings is 1. The number of nitrogens with one attached hydrogen (secondary N) is 1. The van der Waals surface area contributed by atoms with Crippen molar-refractivity contribution in [3.8, 4) is 0 Å². The van der Waals surface area contributed by atoms with Crippen LogP contribution in [0.4, 0.5) is 10.7 Å². The molecule has 1 aromatic heterocycles. The third-order valence-electron chi connectivity index (χ3n) is 3.55. The SMILES string of the molecule is CNc1cc(N2CCOCC2)sc1C(=O)c1ccccc1. The lowest BCUT2D eigenvalue weighted by atomic mass is 10.1. The number of hydrogen-bond donors (Lipinski definition) is 1. The molecule has 0 bridgehead atoms. The van der Waals surface area contributed by atoms with Crippen LogP contribution in [-0.4, -0.2) is 39.1 Å². The smallest absolute Gasteiger partial charge is 0.205 e. The maximum absolute atomic E-state index is 12.6. The van der Waals surface area contributed by atoms with E-state index in [1.54, 1.807) is 11.3 Å². The first-order valence-corrected chi connectivity index (χ1v) is 7.85. The van der Waals surface area contributed by atoms with E-state index in [9.17, 15) is 4.79 Å². The Kier molecular flexibility index (Phi) is 4.22. The van der Waals surface area contributed by atoms with Gasteiger partial charge in [0.2, 0.25) is 5.78 Å². The molecule has 2 heterocycles. The summed E-state index contributed by atoms with van der Waals surface area (Å²) in [7, 11) is 1.85. The Bertz CT molecular complexity index is 618. The Morgan fingerprint density at radius 2 is 1.95 bits per heavy atom. The van der Waals surface area contributed by atoms with Crippen molar-refractivity contribution in [2.75, 3.05) is 43.6 Å². The Morgan fingerprint density at radius 1 is 1.24 bits per heavy atom. The standard InChI is InChI=1S/C16H18N2O2S/c1-17-13-11-14(18-7-9-20-10-8-18)21-16(13)15(19)12-5-3-2-4-6-12/h2-6,11,17H,7-10H2,1H3. The van der Waals surface area contributed by atoms with Crippen molar-refractivity contribution in [3.63, 3.8) is 0 Å². The van der Waals surface area contributed by atoms with E-state index >= 15 is 0 Å². The minimum absolute atomic E-state index is 0.0736. The van der Waals surface area contributed by atoms with Gasteiger partial charge in [-0.25, -0.2) is 0 Å². The zero-order chi connectivity index (χ0) is 14.7. The van der Waals surface area contributed by atoms with E-state index in [0.717, 1.165) is 47.4 Å². The number of anilines is 2. The van der Waals surface area contributed by atoms with Crippen LogP contribution in [0.1, 0.15) is 15.2 Å². The monoisotopic (exact) mass is 302 g/mol. The van der Waals surface area contributed by atoms with Gasteiger partial charge in [0, 0.05) is 25.7 Å². The molecule has 1 aliphatic rings. The van der Waals surface area contributed by atoms with Gasteiger partial charge in [-0.1, -0.05) is 30.3 Å². The first-order valence-electron chi connectivity index (χ1n) is 7.03. The first kappa shape index (κ1) is 14.1. The largest absolute Gasteiger partial charge is 0.387 e. The fraction of sp³-hybridized carbons (Fsp3) is 0.312. The molecule has 21 heavy (non-hydrogen) atoms. The Hall–Kier alpha value is -1.85. The number of hydrogen-bond acceptors (Lipinski definition) is 5. The van der Waals surface area contributed by atoms with Gasteiger partial charge in [0.1, 0.15) is 4.88 Å². The lowest BCUT2D eigenvalue weighted by Crippen LogP contribution is -2.35. The minimum atomic E-state index is 0.0736. The predicted octanol–water partition coefficient (Wildman–Crippen LogP) is 2.86. The lowest BCUT2D eigenvalue weighted by molar-refractivity contribution is 0.104. The average molecular weight is 302 g/mol. The van der Waals surface area contributed by atoms with Gasteiger partial charge in [-0.05, 0) is 6.07 Å². The molecular formula is C16H18N2O2S. The molecule has 0 unspecified atom stereocenters. The van der Waals surface area contributed by atoms with E-state index in [0.29, 0.717) is 0 Å². The van der Waals surface area contributed by atoms with Crippen LogP contribution in [0.2, 0.25) is 0 Å². The minimum Gasteiger partial charge on any atom is -0.387 e. The molecule has 110 valence electrons. The zero-order valence-electron chi connectivity index (χ0n) is 12.0. The highest BCUT2D eigenvalue weighted by molar-refractivity contribution is 7.18. The molecule has 0 saturated carbocycles. The van der Waals surface area contributed by atoms with Gasteiger partial charge in [-0.15, -0.1) is 11.3 Å². The van der Waals surface area contributed by atoms with Crippen molar-refractivity contribution in [2.24, 2.45) is 0 Å². The Labute approximate surface area is 128 Å². The topological polar surface area (TPSA) is 41.6 Å². The maximum Gasteiger partial charge on any atom is 0.205 e. The lowest BCUT2D eigenvalue weighted by Gasteiger charge is -2.27. The summed E-state index contributed by atoms with van der Waals surface area (Å²) in [4.78, 5) is 15.7. The van der Waals surface area contributed by atoms with Gasteiger partial charge >= 0.3 is 0 Å². The van der Waals surface area contributed by atoms with E-state index in [1.165, 1.54) is 0 Å². The summed E-state index contributed by atoms with van der Waals surface area (Å²) < 4.78 is 5.38. The molecule has 0 atom stereocenters. The van der Waals surface area contributed by atoms with E-state index in [4.69, 9.17) is 4.74 Å². The number of carbonyl (C=O) groups is 1. The maximum atomic E-state index is 12.6. The molecule has 3 rings (SSSR count). The first-order chi connectivity index (χ1) is 10.3. The Morgan fingerprint density at radius 3 is 2.62 bits per heavy atom. The molecule has 2 aromatic rings. The summed E-state index contributed by atoms with van der Waals surface area (Å²) in [5, 5.41) is 4.26. The van der Waals surface area contributed by atoms with Crippen LogP contribution in [0.25, 0.3) is 0 Å². The third kappa shape index (κ3) is 2.94. The number of morpholine rings is 1. The van der Waals surface area contributed by atoms with Crippen LogP contribution < -0.4 is 10.2 Å². The molecule has 5 heteroatoms. The fourth-order valence-corrected chi connectivity index (χ4v) is 3.57. The highest BCUT2D eigenvalue weighted by Gasteiger charge is 2.21. The van der Waals surface area contributed by atoms with E-state index in [1.807, 2.05) is 37.4 Å². The molecule has 1 aliphatic heterocycles. The van der Waals surface area contributed by atoms with Gasteiger partial charge in [0.05, 0.1) is 23.9 Å². The summed E-state index contributed by atoms with van der Waals surface area (Å²) in [6, 6.07) is 11.5. The third-order valence-corrected chi connectivity index (χ3v) is 4.75. The number of benzene rings is 1. The van der Waals surface area contributed by atoms with Crippen molar-refractivity contribution < 1.29 is 9.53 Å². The molecule has 4 nitrogen and oxygen atoms in total. The van der Waals surface area contributed by atoms with Crippen molar-refractivity contribution in [1.29, 1.82) is 0 Å². The summed E-state index contributed by atoms with van der Waals surface area (Å²) in [5.74, 6) is 0.0736. The number of carbonyl (C=O) groups excluding carboxylic acids is 1. The van der Waals surface area contributed by atoms with Crippen LogP contribution in [-0.2, 0) is 4.74 Å². The highest BCUT2D eigenvalue weighted by Crippen LogP contribution is 2.35. The predicted molar refractivity (Wildman–Crippen MR) is 86.8 cm³/mol. The molecule has 0 amide bonds. The zero-order valence-corrected chi connectivity index (χ0v) is 12.8. The van der Waals surface area contributed by atoms with Crippen LogP contribution >= 0.6 is 11.3 Å². The van der Waals surface area contributed by atoms with E-state index in [-0.39, 0.29) is 5.78 Å². The molecule has 1 N–H and O–H groups in total. The molecule has 0 aliphatic carbocycles. The van der Waals surface area contributed by atoms with Gasteiger partial charge in [0.25, 0.3) is 0 Å². The van der Waals surface area contributed by atoms with E-state index < -0.39 is 0 Å². The number of ketones is 1. The van der Waals surface area contributed by atoms with Gasteiger partial charge in [-0.2, -0.15) is 0 Å². The van der Waals surface area contributed by atoms with Crippen molar-refractivity contribution >= 4 is 27.8 Å². The van der Waals surface area contributed by atoms with Crippen molar-refractivity contribution in [3.05, 3.63) is 46.8 Å². The molecule has 0 spiro atoms. The molecule has 1 aromatic carbocycles. The van der Waals surface area contributed by atoms with Crippen LogP contribution in [0.5, 0.6) is 0 Å². The van der Waals surface area contributed by atoms with Gasteiger partial charge in [0.15, 0.2) is 0 Å². The summed E-state index contributed by atoms with van der Waals surface area (Å²) in [5.41, 5.74) is 1.62. The Balaban J connectivity index is 1.91.